The highest BCUT2D eigenvalue weighted by atomic mass is 79.9. The van der Waals surface area contributed by atoms with Gasteiger partial charge in [0.1, 0.15) is 0 Å². The Balaban J connectivity index is 2.10. The molecule has 1 N–H and O–H groups in total. The van der Waals surface area contributed by atoms with Gasteiger partial charge in [-0.05, 0) is 49.6 Å². The average Bonchev–Trinajstić information content (AvgIpc) is 2.36. The van der Waals surface area contributed by atoms with E-state index in [1.807, 2.05) is 38.1 Å². The SMILES string of the molecule is Cc1cc(C)c(NC(=O)Cc2ccc(Br)cc2)c(C)c1. The number of aryl methyl sites for hydroxylation is 3. The number of hydrogen-bond donors (Lipinski definition) is 1. The highest BCUT2D eigenvalue weighted by Gasteiger charge is 2.09. The monoisotopic (exact) mass is 331 g/mol. The molecule has 0 spiro atoms. The summed E-state index contributed by atoms with van der Waals surface area (Å²) in [7, 11) is 0. The van der Waals surface area contributed by atoms with Crippen molar-refractivity contribution in [1.82, 2.24) is 0 Å². The molecule has 0 unspecified atom stereocenters. The van der Waals surface area contributed by atoms with Crippen LogP contribution in [0.15, 0.2) is 40.9 Å². The molecule has 2 rings (SSSR count). The maximum atomic E-state index is 12.1. The Morgan fingerprint density at radius 1 is 1.05 bits per heavy atom. The lowest BCUT2D eigenvalue weighted by molar-refractivity contribution is -0.115. The number of carbonyl (C=O) groups excluding carboxylic acids is 1. The van der Waals surface area contributed by atoms with Gasteiger partial charge in [-0.2, -0.15) is 0 Å². The number of benzene rings is 2. The van der Waals surface area contributed by atoms with Gasteiger partial charge in [0.2, 0.25) is 5.91 Å². The first kappa shape index (κ1) is 14.8. The predicted octanol–water partition coefficient (Wildman–Crippen LogP) is 4.56. The van der Waals surface area contributed by atoms with Crippen LogP contribution in [0.3, 0.4) is 0 Å². The molecule has 0 atom stereocenters. The molecule has 0 bridgehead atoms. The fourth-order valence-electron chi connectivity index (χ4n) is 2.35. The molecule has 2 aromatic rings. The standard InChI is InChI=1S/C17H18BrNO/c1-11-8-12(2)17(13(3)9-11)19-16(20)10-14-4-6-15(18)7-5-14/h4-9H,10H2,1-3H3,(H,19,20). The fourth-order valence-corrected chi connectivity index (χ4v) is 2.61. The summed E-state index contributed by atoms with van der Waals surface area (Å²) in [6, 6.07) is 12.0. The molecule has 0 saturated heterocycles. The van der Waals surface area contributed by atoms with Gasteiger partial charge in [0.15, 0.2) is 0 Å². The maximum Gasteiger partial charge on any atom is 0.228 e. The van der Waals surface area contributed by atoms with Gasteiger partial charge in [-0.15, -0.1) is 0 Å². The Kier molecular flexibility index (Phi) is 4.61. The van der Waals surface area contributed by atoms with Crippen molar-refractivity contribution in [1.29, 1.82) is 0 Å². The largest absolute Gasteiger partial charge is 0.325 e. The quantitative estimate of drug-likeness (QED) is 0.877. The molecule has 2 aromatic carbocycles. The first-order chi connectivity index (χ1) is 9.45. The summed E-state index contributed by atoms with van der Waals surface area (Å²) >= 11 is 3.39. The maximum absolute atomic E-state index is 12.1. The molecule has 0 radical (unpaired) electrons. The Hall–Kier alpha value is -1.61. The van der Waals surface area contributed by atoms with E-state index in [0.29, 0.717) is 6.42 Å². The van der Waals surface area contributed by atoms with E-state index in [0.717, 1.165) is 26.9 Å². The van der Waals surface area contributed by atoms with E-state index in [1.165, 1.54) is 5.56 Å². The summed E-state index contributed by atoms with van der Waals surface area (Å²) in [5.41, 5.74) is 5.36. The van der Waals surface area contributed by atoms with Crippen LogP contribution in [0.1, 0.15) is 22.3 Å². The smallest absolute Gasteiger partial charge is 0.228 e. The van der Waals surface area contributed by atoms with Crippen LogP contribution in [-0.4, -0.2) is 5.91 Å². The van der Waals surface area contributed by atoms with E-state index < -0.39 is 0 Å². The zero-order valence-electron chi connectivity index (χ0n) is 12.0. The Bertz CT molecular complexity index is 609. The lowest BCUT2D eigenvalue weighted by atomic mass is 10.0. The second kappa shape index (κ2) is 6.23. The van der Waals surface area contributed by atoms with Gasteiger partial charge in [-0.1, -0.05) is 45.8 Å². The predicted molar refractivity (Wildman–Crippen MR) is 87.1 cm³/mol. The van der Waals surface area contributed by atoms with Crippen molar-refractivity contribution in [2.75, 3.05) is 5.32 Å². The van der Waals surface area contributed by atoms with Crippen LogP contribution in [0.5, 0.6) is 0 Å². The second-order valence-corrected chi connectivity index (χ2v) is 6.04. The molecule has 0 aliphatic rings. The summed E-state index contributed by atoms with van der Waals surface area (Å²) in [6.07, 6.45) is 0.389. The third-order valence-electron chi connectivity index (χ3n) is 3.22. The van der Waals surface area contributed by atoms with Crippen LogP contribution in [0.25, 0.3) is 0 Å². The molecule has 0 aliphatic heterocycles. The second-order valence-electron chi connectivity index (χ2n) is 5.13. The van der Waals surface area contributed by atoms with Crippen molar-refractivity contribution < 1.29 is 4.79 Å². The van der Waals surface area contributed by atoms with Gasteiger partial charge in [0, 0.05) is 10.2 Å². The minimum Gasteiger partial charge on any atom is -0.325 e. The van der Waals surface area contributed by atoms with Crippen molar-refractivity contribution in [3.63, 3.8) is 0 Å². The molecule has 1 amide bonds. The third-order valence-corrected chi connectivity index (χ3v) is 3.75. The van der Waals surface area contributed by atoms with Crippen LogP contribution in [0.4, 0.5) is 5.69 Å². The number of hydrogen-bond acceptors (Lipinski definition) is 1. The lowest BCUT2D eigenvalue weighted by Crippen LogP contribution is -2.16. The normalized spacial score (nSPS) is 10.4. The van der Waals surface area contributed by atoms with Gasteiger partial charge in [0.25, 0.3) is 0 Å². The number of amides is 1. The van der Waals surface area contributed by atoms with Gasteiger partial charge in [-0.25, -0.2) is 0 Å². The number of carbonyl (C=O) groups is 1. The summed E-state index contributed by atoms with van der Waals surface area (Å²) in [5.74, 6) is 0.0161. The minimum atomic E-state index is 0.0161. The zero-order valence-corrected chi connectivity index (χ0v) is 13.5. The molecule has 0 fully saturated rings. The van der Waals surface area contributed by atoms with Crippen LogP contribution in [0, 0.1) is 20.8 Å². The number of anilines is 1. The molecule has 0 heterocycles. The molecule has 0 aromatic heterocycles. The Labute approximate surface area is 128 Å². The summed E-state index contributed by atoms with van der Waals surface area (Å²) in [4.78, 5) is 12.1. The van der Waals surface area contributed by atoms with Gasteiger partial charge in [0.05, 0.1) is 6.42 Å². The van der Waals surface area contributed by atoms with Crippen molar-refractivity contribution in [3.8, 4) is 0 Å². The fraction of sp³-hybridized carbons (Fsp3) is 0.235. The van der Waals surface area contributed by atoms with Crippen LogP contribution in [0.2, 0.25) is 0 Å². The average molecular weight is 332 g/mol. The van der Waals surface area contributed by atoms with E-state index in [2.05, 4.69) is 40.3 Å². The van der Waals surface area contributed by atoms with Crippen LogP contribution < -0.4 is 5.32 Å². The van der Waals surface area contributed by atoms with Gasteiger partial charge < -0.3 is 5.32 Å². The molecule has 104 valence electrons. The summed E-state index contributed by atoms with van der Waals surface area (Å²) in [5, 5.41) is 3.02. The summed E-state index contributed by atoms with van der Waals surface area (Å²) in [6.45, 7) is 6.11. The number of nitrogens with one attached hydrogen (secondary N) is 1. The van der Waals surface area contributed by atoms with Crippen molar-refractivity contribution in [2.45, 2.75) is 27.2 Å². The topological polar surface area (TPSA) is 29.1 Å². The molecular formula is C17H18BrNO. The summed E-state index contributed by atoms with van der Waals surface area (Å²) < 4.78 is 1.02. The van der Waals surface area contributed by atoms with Crippen LogP contribution >= 0.6 is 15.9 Å². The Morgan fingerprint density at radius 2 is 1.60 bits per heavy atom. The first-order valence-corrected chi connectivity index (χ1v) is 7.37. The zero-order chi connectivity index (χ0) is 14.7. The highest BCUT2D eigenvalue weighted by Crippen LogP contribution is 2.22. The lowest BCUT2D eigenvalue weighted by Gasteiger charge is -2.13. The number of rotatable bonds is 3. The van der Waals surface area contributed by atoms with Crippen LogP contribution in [-0.2, 0) is 11.2 Å². The molecule has 0 aliphatic carbocycles. The molecule has 0 saturated carbocycles. The molecular weight excluding hydrogens is 314 g/mol. The van der Waals surface area contributed by atoms with E-state index in [-0.39, 0.29) is 5.91 Å². The molecule has 20 heavy (non-hydrogen) atoms. The number of halogens is 1. The van der Waals surface area contributed by atoms with Gasteiger partial charge in [-0.3, -0.25) is 4.79 Å². The van der Waals surface area contributed by atoms with Gasteiger partial charge >= 0.3 is 0 Å². The van der Waals surface area contributed by atoms with E-state index >= 15 is 0 Å². The van der Waals surface area contributed by atoms with Crippen molar-refractivity contribution >= 4 is 27.5 Å². The molecule has 2 nitrogen and oxygen atoms in total. The first-order valence-electron chi connectivity index (χ1n) is 6.58. The van der Waals surface area contributed by atoms with E-state index in [1.54, 1.807) is 0 Å². The third kappa shape index (κ3) is 3.70. The highest BCUT2D eigenvalue weighted by molar-refractivity contribution is 9.10. The minimum absolute atomic E-state index is 0.0161. The van der Waals surface area contributed by atoms with E-state index in [9.17, 15) is 4.79 Å². The van der Waals surface area contributed by atoms with Crippen molar-refractivity contribution in [3.05, 3.63) is 63.1 Å². The molecule has 3 heteroatoms. The van der Waals surface area contributed by atoms with Crippen molar-refractivity contribution in [2.24, 2.45) is 0 Å². The Morgan fingerprint density at radius 3 is 2.15 bits per heavy atom. The van der Waals surface area contributed by atoms with E-state index in [4.69, 9.17) is 0 Å².